The second-order valence-electron chi connectivity index (χ2n) is 5.07. The van der Waals surface area contributed by atoms with Gasteiger partial charge in [0.1, 0.15) is 5.52 Å². The molecule has 0 bridgehead atoms. The molecule has 20 heavy (non-hydrogen) atoms. The summed E-state index contributed by atoms with van der Waals surface area (Å²) in [6.07, 6.45) is 1.60. The molecular formula is C15H16N4O. The van der Waals surface area contributed by atoms with E-state index >= 15 is 0 Å². The van der Waals surface area contributed by atoms with Gasteiger partial charge in [-0.2, -0.15) is 5.10 Å². The van der Waals surface area contributed by atoms with E-state index in [2.05, 4.69) is 10.1 Å². The summed E-state index contributed by atoms with van der Waals surface area (Å²) in [6, 6.07) is 8.14. The summed E-state index contributed by atoms with van der Waals surface area (Å²) < 4.78 is 3.22. The third-order valence-corrected chi connectivity index (χ3v) is 3.45. The Morgan fingerprint density at radius 3 is 2.55 bits per heavy atom. The van der Waals surface area contributed by atoms with Crippen LogP contribution >= 0.6 is 0 Å². The minimum absolute atomic E-state index is 0.0568. The number of hydrogen-bond donors (Lipinski definition) is 0. The van der Waals surface area contributed by atoms with E-state index in [1.54, 1.807) is 22.6 Å². The highest BCUT2D eigenvalue weighted by Crippen LogP contribution is 2.10. The molecule has 0 aliphatic rings. The van der Waals surface area contributed by atoms with Crippen molar-refractivity contribution in [1.29, 1.82) is 0 Å². The van der Waals surface area contributed by atoms with Crippen molar-refractivity contribution in [1.82, 2.24) is 19.3 Å². The van der Waals surface area contributed by atoms with Crippen LogP contribution in [0.3, 0.4) is 0 Å². The maximum Gasteiger partial charge on any atom is 0.279 e. The molecule has 3 rings (SSSR count). The van der Waals surface area contributed by atoms with Gasteiger partial charge in [0.25, 0.3) is 5.56 Å². The summed E-state index contributed by atoms with van der Waals surface area (Å²) in [5, 5.41) is 4.25. The van der Waals surface area contributed by atoms with Crippen LogP contribution in [0.1, 0.15) is 16.8 Å². The normalized spacial score (nSPS) is 11.2. The first-order chi connectivity index (χ1) is 9.56. The van der Waals surface area contributed by atoms with E-state index in [9.17, 15) is 4.79 Å². The van der Waals surface area contributed by atoms with E-state index in [1.165, 1.54) is 5.56 Å². The van der Waals surface area contributed by atoms with Gasteiger partial charge in [-0.15, -0.1) is 0 Å². The van der Waals surface area contributed by atoms with E-state index in [1.807, 2.05) is 38.1 Å². The zero-order valence-corrected chi connectivity index (χ0v) is 11.8. The highest BCUT2D eigenvalue weighted by molar-refractivity contribution is 5.75. The summed E-state index contributed by atoms with van der Waals surface area (Å²) in [6.45, 7) is 4.42. The topological polar surface area (TPSA) is 52.7 Å². The lowest BCUT2D eigenvalue weighted by atomic mass is 10.1. The van der Waals surface area contributed by atoms with E-state index in [4.69, 9.17) is 0 Å². The Bertz CT molecular complexity index is 827. The van der Waals surface area contributed by atoms with Gasteiger partial charge in [0, 0.05) is 7.05 Å². The quantitative estimate of drug-likeness (QED) is 0.712. The van der Waals surface area contributed by atoms with Crippen molar-refractivity contribution in [3.63, 3.8) is 0 Å². The summed E-state index contributed by atoms with van der Waals surface area (Å²) in [5.74, 6) is 0. The van der Waals surface area contributed by atoms with Crippen molar-refractivity contribution in [2.24, 2.45) is 7.05 Å². The Balaban J connectivity index is 2.09. The van der Waals surface area contributed by atoms with E-state index < -0.39 is 0 Å². The summed E-state index contributed by atoms with van der Waals surface area (Å²) in [7, 11) is 1.77. The van der Waals surface area contributed by atoms with Crippen LogP contribution in [0.4, 0.5) is 0 Å². The summed E-state index contributed by atoms with van der Waals surface area (Å²) in [4.78, 5) is 16.9. The standard InChI is InChI=1S/C15H16N4O/c1-10-4-6-12(7-5-10)8-19-9-16-13-11(2)17-18(3)14(13)15(19)20/h4-7,9H,8H2,1-3H3. The Kier molecular flexibility index (Phi) is 2.89. The third kappa shape index (κ3) is 2.01. The highest BCUT2D eigenvalue weighted by Gasteiger charge is 2.12. The van der Waals surface area contributed by atoms with Crippen LogP contribution in [-0.2, 0) is 13.6 Å². The lowest BCUT2D eigenvalue weighted by Crippen LogP contribution is -2.22. The molecule has 0 saturated carbocycles. The number of fused-ring (bicyclic) bond motifs is 1. The largest absolute Gasteiger partial charge is 0.293 e. The smallest absolute Gasteiger partial charge is 0.279 e. The molecular weight excluding hydrogens is 252 g/mol. The summed E-state index contributed by atoms with van der Waals surface area (Å²) >= 11 is 0. The number of nitrogens with zero attached hydrogens (tertiary/aromatic N) is 4. The molecule has 0 saturated heterocycles. The minimum Gasteiger partial charge on any atom is -0.293 e. The van der Waals surface area contributed by atoms with E-state index in [0.29, 0.717) is 17.6 Å². The fourth-order valence-electron chi connectivity index (χ4n) is 2.36. The molecule has 2 aromatic heterocycles. The van der Waals surface area contributed by atoms with Gasteiger partial charge < -0.3 is 0 Å². The predicted octanol–water partition coefficient (Wildman–Crippen LogP) is 1.80. The average Bonchev–Trinajstić information content (AvgIpc) is 2.71. The second-order valence-corrected chi connectivity index (χ2v) is 5.07. The zero-order chi connectivity index (χ0) is 14.3. The van der Waals surface area contributed by atoms with Crippen LogP contribution in [-0.4, -0.2) is 19.3 Å². The van der Waals surface area contributed by atoms with Gasteiger partial charge >= 0.3 is 0 Å². The molecule has 102 valence electrons. The van der Waals surface area contributed by atoms with Gasteiger partial charge in [-0.1, -0.05) is 29.8 Å². The van der Waals surface area contributed by atoms with Gasteiger partial charge in [0.05, 0.1) is 18.6 Å². The van der Waals surface area contributed by atoms with Crippen LogP contribution < -0.4 is 5.56 Å². The number of aromatic nitrogens is 4. The number of aryl methyl sites for hydroxylation is 3. The molecule has 2 heterocycles. The van der Waals surface area contributed by atoms with Gasteiger partial charge in [0.15, 0.2) is 5.52 Å². The molecule has 5 nitrogen and oxygen atoms in total. The van der Waals surface area contributed by atoms with Crippen molar-refractivity contribution < 1.29 is 0 Å². The van der Waals surface area contributed by atoms with E-state index in [0.717, 1.165) is 11.3 Å². The molecule has 0 aliphatic heterocycles. The Morgan fingerprint density at radius 1 is 1.15 bits per heavy atom. The average molecular weight is 268 g/mol. The molecule has 0 unspecified atom stereocenters. The highest BCUT2D eigenvalue weighted by atomic mass is 16.1. The van der Waals surface area contributed by atoms with Crippen molar-refractivity contribution in [2.75, 3.05) is 0 Å². The fourth-order valence-corrected chi connectivity index (χ4v) is 2.36. The first kappa shape index (κ1) is 12.6. The monoisotopic (exact) mass is 268 g/mol. The van der Waals surface area contributed by atoms with Crippen LogP contribution in [0, 0.1) is 13.8 Å². The molecule has 5 heteroatoms. The molecule has 1 aromatic carbocycles. The molecule has 0 radical (unpaired) electrons. The van der Waals surface area contributed by atoms with Gasteiger partial charge in [-0.25, -0.2) is 4.98 Å². The molecule has 0 N–H and O–H groups in total. The fraction of sp³-hybridized carbons (Fsp3) is 0.267. The first-order valence-corrected chi connectivity index (χ1v) is 6.50. The van der Waals surface area contributed by atoms with Crippen molar-refractivity contribution >= 4 is 11.0 Å². The molecule has 3 aromatic rings. The van der Waals surface area contributed by atoms with Crippen LogP contribution in [0.15, 0.2) is 35.4 Å². The van der Waals surface area contributed by atoms with Gasteiger partial charge in [-0.3, -0.25) is 14.0 Å². The SMILES string of the molecule is Cc1ccc(Cn2cnc3c(C)nn(C)c3c2=O)cc1. The Morgan fingerprint density at radius 2 is 1.85 bits per heavy atom. The molecule has 0 atom stereocenters. The maximum atomic E-state index is 12.5. The van der Waals surface area contributed by atoms with Crippen LogP contribution in [0.5, 0.6) is 0 Å². The Hall–Kier alpha value is -2.43. The molecule has 0 aliphatic carbocycles. The van der Waals surface area contributed by atoms with Gasteiger partial charge in [-0.05, 0) is 19.4 Å². The Labute approximate surface area is 116 Å². The molecule has 0 spiro atoms. The van der Waals surface area contributed by atoms with E-state index in [-0.39, 0.29) is 5.56 Å². The second kappa shape index (κ2) is 4.59. The molecule has 0 amide bonds. The minimum atomic E-state index is -0.0568. The van der Waals surface area contributed by atoms with Crippen molar-refractivity contribution in [3.05, 3.63) is 57.8 Å². The van der Waals surface area contributed by atoms with Crippen LogP contribution in [0.25, 0.3) is 11.0 Å². The number of rotatable bonds is 2. The predicted molar refractivity (Wildman–Crippen MR) is 77.8 cm³/mol. The third-order valence-electron chi connectivity index (χ3n) is 3.45. The first-order valence-electron chi connectivity index (χ1n) is 6.50. The lowest BCUT2D eigenvalue weighted by molar-refractivity contribution is 0.728. The summed E-state index contributed by atoms with van der Waals surface area (Å²) in [5.41, 5.74) is 4.24. The lowest BCUT2D eigenvalue weighted by Gasteiger charge is -2.06. The van der Waals surface area contributed by atoms with Gasteiger partial charge in [0.2, 0.25) is 0 Å². The van der Waals surface area contributed by atoms with Crippen molar-refractivity contribution in [2.45, 2.75) is 20.4 Å². The van der Waals surface area contributed by atoms with Crippen molar-refractivity contribution in [3.8, 4) is 0 Å². The zero-order valence-electron chi connectivity index (χ0n) is 11.8. The van der Waals surface area contributed by atoms with Crippen LogP contribution in [0.2, 0.25) is 0 Å². The number of benzene rings is 1. The number of hydrogen-bond acceptors (Lipinski definition) is 3. The maximum absolute atomic E-state index is 12.5. The molecule has 0 fully saturated rings.